The first-order valence-corrected chi connectivity index (χ1v) is 9.38. The lowest BCUT2D eigenvalue weighted by molar-refractivity contribution is -0.129. The second-order valence-electron chi connectivity index (χ2n) is 6.52. The molecule has 0 radical (unpaired) electrons. The van der Waals surface area contributed by atoms with Crippen molar-refractivity contribution >= 4 is 21.7 Å². The molecular formula is C16H19NO5S. The Morgan fingerprint density at radius 2 is 1.83 bits per heavy atom. The topological polar surface area (TPSA) is 91.8 Å². The molecule has 2 aliphatic rings. The summed E-state index contributed by atoms with van der Waals surface area (Å²) in [6.45, 7) is 2.81. The lowest BCUT2D eigenvalue weighted by atomic mass is 10.0. The van der Waals surface area contributed by atoms with Gasteiger partial charge in [0.2, 0.25) is 5.91 Å². The number of hydrogen-bond donors (Lipinski definition) is 1. The van der Waals surface area contributed by atoms with E-state index in [0.717, 1.165) is 11.1 Å². The van der Waals surface area contributed by atoms with Crippen molar-refractivity contribution in [1.29, 1.82) is 0 Å². The quantitative estimate of drug-likeness (QED) is 0.878. The zero-order valence-corrected chi connectivity index (χ0v) is 13.7. The van der Waals surface area contributed by atoms with Gasteiger partial charge in [0.15, 0.2) is 9.84 Å². The summed E-state index contributed by atoms with van der Waals surface area (Å²) in [5.74, 6) is -0.497. The predicted molar refractivity (Wildman–Crippen MR) is 84.1 cm³/mol. The van der Waals surface area contributed by atoms with Crippen molar-refractivity contribution in [3.8, 4) is 0 Å². The predicted octanol–water partition coefficient (Wildman–Crippen LogP) is 0.739. The zero-order chi connectivity index (χ0) is 16.8. The summed E-state index contributed by atoms with van der Waals surface area (Å²) in [7, 11) is -2.93. The Kier molecular flexibility index (Phi) is 3.91. The highest BCUT2D eigenvalue weighted by Crippen LogP contribution is 2.33. The van der Waals surface area contributed by atoms with E-state index in [1.807, 2.05) is 0 Å². The Bertz CT molecular complexity index is 751. The van der Waals surface area contributed by atoms with Gasteiger partial charge in [-0.2, -0.15) is 0 Å². The van der Waals surface area contributed by atoms with Gasteiger partial charge < -0.3 is 10.0 Å². The second-order valence-corrected chi connectivity index (χ2v) is 8.67. The standard InChI is InChI=1S/C16H19NO5S/c1-10-4-12(16(19)20)3-2-11(10)5-15(18)17-6-13-8-23(21,22)9-14(13)7-17/h2-4,13-14H,5-9H2,1H3,(H,19,20)/t13-,14+. The van der Waals surface area contributed by atoms with Gasteiger partial charge in [-0.25, -0.2) is 13.2 Å². The molecular weight excluding hydrogens is 318 g/mol. The van der Waals surface area contributed by atoms with Crippen LogP contribution >= 0.6 is 0 Å². The minimum absolute atomic E-state index is 0.0250. The van der Waals surface area contributed by atoms with Crippen molar-refractivity contribution in [2.45, 2.75) is 13.3 Å². The molecule has 6 nitrogen and oxygen atoms in total. The monoisotopic (exact) mass is 337 g/mol. The Labute approximate surface area is 135 Å². The fraction of sp³-hybridized carbons (Fsp3) is 0.500. The summed E-state index contributed by atoms with van der Waals surface area (Å²) < 4.78 is 23.2. The maximum absolute atomic E-state index is 12.4. The highest BCUT2D eigenvalue weighted by molar-refractivity contribution is 7.91. The molecule has 0 aliphatic carbocycles. The van der Waals surface area contributed by atoms with Crippen LogP contribution in [0.3, 0.4) is 0 Å². The number of carbonyl (C=O) groups excluding carboxylic acids is 1. The summed E-state index contributed by atoms with van der Waals surface area (Å²) in [4.78, 5) is 25.1. The number of nitrogens with zero attached hydrogens (tertiary/aromatic N) is 1. The molecule has 1 amide bonds. The summed E-state index contributed by atoms with van der Waals surface area (Å²) in [5.41, 5.74) is 1.80. The Morgan fingerprint density at radius 1 is 1.22 bits per heavy atom. The molecule has 0 saturated carbocycles. The van der Waals surface area contributed by atoms with Crippen LogP contribution in [0.2, 0.25) is 0 Å². The molecule has 7 heteroatoms. The maximum Gasteiger partial charge on any atom is 0.335 e. The number of rotatable bonds is 3. The molecule has 0 unspecified atom stereocenters. The Hall–Kier alpha value is -1.89. The largest absolute Gasteiger partial charge is 0.478 e. The molecule has 2 saturated heterocycles. The summed E-state index contributed by atoms with van der Waals surface area (Å²) in [6, 6.07) is 4.75. The fourth-order valence-corrected chi connectivity index (χ4v) is 5.74. The molecule has 0 bridgehead atoms. The minimum atomic E-state index is -2.93. The number of aryl methyl sites for hydroxylation is 1. The smallest absolute Gasteiger partial charge is 0.335 e. The number of fused-ring (bicyclic) bond motifs is 1. The van der Waals surface area contributed by atoms with Gasteiger partial charge in [-0.1, -0.05) is 6.07 Å². The molecule has 1 aromatic carbocycles. The van der Waals surface area contributed by atoms with Gasteiger partial charge in [0.05, 0.1) is 23.5 Å². The van der Waals surface area contributed by atoms with Crippen LogP contribution in [0.5, 0.6) is 0 Å². The van der Waals surface area contributed by atoms with Crippen LogP contribution in [-0.4, -0.2) is 54.9 Å². The van der Waals surface area contributed by atoms with Gasteiger partial charge >= 0.3 is 5.97 Å². The zero-order valence-electron chi connectivity index (χ0n) is 12.9. The number of likely N-dealkylation sites (tertiary alicyclic amines) is 1. The normalized spacial score (nSPS) is 25.3. The van der Waals surface area contributed by atoms with Crippen LogP contribution < -0.4 is 0 Å². The van der Waals surface area contributed by atoms with Crippen LogP contribution in [0.15, 0.2) is 18.2 Å². The number of hydrogen-bond acceptors (Lipinski definition) is 4. The molecule has 2 fully saturated rings. The molecule has 1 aromatic rings. The second kappa shape index (κ2) is 5.63. The number of benzene rings is 1. The van der Waals surface area contributed by atoms with E-state index in [-0.39, 0.29) is 41.2 Å². The third-order valence-corrected chi connectivity index (χ3v) is 6.67. The van der Waals surface area contributed by atoms with Gasteiger partial charge in [0.1, 0.15) is 0 Å². The molecule has 1 N–H and O–H groups in total. The van der Waals surface area contributed by atoms with E-state index >= 15 is 0 Å². The van der Waals surface area contributed by atoms with Gasteiger partial charge in [0.25, 0.3) is 0 Å². The van der Waals surface area contributed by atoms with E-state index in [1.165, 1.54) is 6.07 Å². The van der Waals surface area contributed by atoms with Crippen molar-refractivity contribution in [2.24, 2.45) is 11.8 Å². The molecule has 2 aliphatic heterocycles. The molecule has 2 atom stereocenters. The maximum atomic E-state index is 12.4. The molecule has 2 heterocycles. The lowest BCUT2D eigenvalue weighted by Gasteiger charge is -2.18. The van der Waals surface area contributed by atoms with Crippen LogP contribution in [-0.2, 0) is 21.1 Å². The first kappa shape index (κ1) is 16.0. The van der Waals surface area contributed by atoms with E-state index in [9.17, 15) is 18.0 Å². The van der Waals surface area contributed by atoms with Crippen LogP contribution in [0.25, 0.3) is 0 Å². The van der Waals surface area contributed by atoms with E-state index in [4.69, 9.17) is 5.11 Å². The minimum Gasteiger partial charge on any atom is -0.478 e. The average molecular weight is 337 g/mol. The summed E-state index contributed by atoms with van der Waals surface area (Å²) in [6.07, 6.45) is 0.220. The third kappa shape index (κ3) is 3.24. The molecule has 124 valence electrons. The van der Waals surface area contributed by atoms with Crippen LogP contribution in [0, 0.1) is 18.8 Å². The fourth-order valence-electron chi connectivity index (χ4n) is 3.54. The van der Waals surface area contributed by atoms with Crippen LogP contribution in [0.1, 0.15) is 21.5 Å². The number of carboxylic acid groups (broad SMARTS) is 1. The van der Waals surface area contributed by atoms with Crippen molar-refractivity contribution in [3.63, 3.8) is 0 Å². The number of sulfone groups is 1. The highest BCUT2D eigenvalue weighted by atomic mass is 32.2. The highest BCUT2D eigenvalue weighted by Gasteiger charge is 2.44. The number of carboxylic acids is 1. The first-order chi connectivity index (χ1) is 10.7. The van der Waals surface area contributed by atoms with Gasteiger partial charge in [-0.05, 0) is 42.0 Å². The van der Waals surface area contributed by atoms with E-state index < -0.39 is 15.8 Å². The number of aromatic carboxylic acids is 1. The van der Waals surface area contributed by atoms with E-state index in [2.05, 4.69) is 0 Å². The number of carbonyl (C=O) groups is 2. The summed E-state index contributed by atoms with van der Waals surface area (Å²) in [5, 5.41) is 8.96. The third-order valence-electron chi connectivity index (χ3n) is 4.80. The average Bonchev–Trinajstić information content (AvgIpc) is 2.94. The Balaban J connectivity index is 1.66. The van der Waals surface area contributed by atoms with Gasteiger partial charge in [-0.15, -0.1) is 0 Å². The van der Waals surface area contributed by atoms with Crippen molar-refractivity contribution in [3.05, 3.63) is 34.9 Å². The van der Waals surface area contributed by atoms with Crippen molar-refractivity contribution in [1.82, 2.24) is 4.90 Å². The Morgan fingerprint density at radius 3 is 2.35 bits per heavy atom. The van der Waals surface area contributed by atoms with E-state index in [1.54, 1.807) is 24.0 Å². The van der Waals surface area contributed by atoms with Gasteiger partial charge in [0, 0.05) is 13.1 Å². The van der Waals surface area contributed by atoms with E-state index in [0.29, 0.717) is 13.1 Å². The van der Waals surface area contributed by atoms with Crippen molar-refractivity contribution in [2.75, 3.05) is 24.6 Å². The summed E-state index contributed by atoms with van der Waals surface area (Å²) >= 11 is 0. The first-order valence-electron chi connectivity index (χ1n) is 7.56. The van der Waals surface area contributed by atoms with Gasteiger partial charge in [-0.3, -0.25) is 4.79 Å². The number of amides is 1. The lowest BCUT2D eigenvalue weighted by Crippen LogP contribution is -2.32. The molecule has 0 aromatic heterocycles. The van der Waals surface area contributed by atoms with Crippen LogP contribution in [0.4, 0.5) is 0 Å². The molecule has 3 rings (SSSR count). The van der Waals surface area contributed by atoms with Crippen molar-refractivity contribution < 1.29 is 23.1 Å². The molecule has 23 heavy (non-hydrogen) atoms. The SMILES string of the molecule is Cc1cc(C(=O)O)ccc1CC(=O)N1C[C@@H]2CS(=O)(=O)C[C@@H]2C1. The molecule has 0 spiro atoms.